The van der Waals surface area contributed by atoms with Gasteiger partial charge in [-0.1, -0.05) is 40.9 Å². The molecule has 0 fully saturated rings. The highest BCUT2D eigenvalue weighted by Gasteiger charge is 2.30. The summed E-state index contributed by atoms with van der Waals surface area (Å²) in [5, 5.41) is 1.50. The first kappa shape index (κ1) is 13.7. The molecule has 0 aliphatic carbocycles. The lowest BCUT2D eigenvalue weighted by Gasteiger charge is -2.26. The lowest BCUT2D eigenvalue weighted by molar-refractivity contribution is 0.0850. The summed E-state index contributed by atoms with van der Waals surface area (Å²) in [4.78, 5) is 12.2. The summed E-state index contributed by atoms with van der Waals surface area (Å²) >= 11 is 18.2. The SMILES string of the molecule is O=C1CC(c2c(Cl)cccc2Cl)Oc2ccc(Cl)cc21. The third-order valence-electron chi connectivity index (χ3n) is 3.20. The van der Waals surface area contributed by atoms with Crippen molar-refractivity contribution < 1.29 is 9.53 Å². The Labute approximate surface area is 131 Å². The van der Waals surface area contributed by atoms with E-state index in [-0.39, 0.29) is 12.2 Å². The zero-order chi connectivity index (χ0) is 14.3. The predicted octanol–water partition coefficient (Wildman–Crippen LogP) is 5.35. The smallest absolute Gasteiger partial charge is 0.170 e. The highest BCUT2D eigenvalue weighted by atomic mass is 35.5. The molecule has 1 aliphatic rings. The van der Waals surface area contributed by atoms with Crippen LogP contribution < -0.4 is 4.74 Å². The maximum atomic E-state index is 12.2. The molecule has 0 saturated heterocycles. The van der Waals surface area contributed by atoms with E-state index in [2.05, 4.69) is 0 Å². The number of fused-ring (bicyclic) bond motifs is 1. The summed E-state index contributed by atoms with van der Waals surface area (Å²) in [6, 6.07) is 10.2. The second kappa shape index (κ2) is 5.28. The summed E-state index contributed by atoms with van der Waals surface area (Å²) in [5.41, 5.74) is 1.14. The number of Topliss-reactive ketones (excluding diaryl/α,β-unsaturated/α-hetero) is 1. The third kappa shape index (κ3) is 2.39. The van der Waals surface area contributed by atoms with Crippen molar-refractivity contribution in [3.05, 3.63) is 62.6 Å². The molecule has 0 bridgehead atoms. The fourth-order valence-corrected chi connectivity index (χ4v) is 3.09. The average Bonchev–Trinajstić information content (AvgIpc) is 2.39. The molecule has 0 radical (unpaired) electrons. The van der Waals surface area contributed by atoms with Crippen molar-refractivity contribution in [1.82, 2.24) is 0 Å². The van der Waals surface area contributed by atoms with E-state index in [4.69, 9.17) is 39.5 Å². The van der Waals surface area contributed by atoms with Crippen LogP contribution in [0.2, 0.25) is 15.1 Å². The van der Waals surface area contributed by atoms with Crippen LogP contribution in [-0.2, 0) is 0 Å². The van der Waals surface area contributed by atoms with Gasteiger partial charge in [0.1, 0.15) is 11.9 Å². The van der Waals surface area contributed by atoms with Gasteiger partial charge in [0.2, 0.25) is 0 Å². The molecular weight excluding hydrogens is 319 g/mol. The Hall–Kier alpha value is -1.22. The highest BCUT2D eigenvalue weighted by Crippen LogP contribution is 2.40. The van der Waals surface area contributed by atoms with E-state index < -0.39 is 6.10 Å². The summed E-state index contributed by atoms with van der Waals surface area (Å²) < 4.78 is 5.86. The van der Waals surface area contributed by atoms with E-state index in [1.54, 1.807) is 36.4 Å². The maximum absolute atomic E-state index is 12.2. The topological polar surface area (TPSA) is 26.3 Å². The minimum Gasteiger partial charge on any atom is -0.484 e. The van der Waals surface area contributed by atoms with Crippen LogP contribution in [0.25, 0.3) is 0 Å². The van der Waals surface area contributed by atoms with Crippen LogP contribution in [0.15, 0.2) is 36.4 Å². The molecule has 5 heteroatoms. The Bertz CT molecular complexity index is 677. The normalized spacial score (nSPS) is 17.6. The Kier molecular flexibility index (Phi) is 3.63. The van der Waals surface area contributed by atoms with E-state index in [0.29, 0.717) is 31.9 Å². The molecule has 20 heavy (non-hydrogen) atoms. The number of hydrogen-bond donors (Lipinski definition) is 0. The van der Waals surface area contributed by atoms with Gasteiger partial charge in [0.15, 0.2) is 5.78 Å². The molecule has 2 aromatic rings. The number of benzene rings is 2. The van der Waals surface area contributed by atoms with Gasteiger partial charge in [-0.15, -0.1) is 0 Å². The zero-order valence-electron chi connectivity index (χ0n) is 10.2. The van der Waals surface area contributed by atoms with Crippen LogP contribution in [0.5, 0.6) is 5.75 Å². The minimum absolute atomic E-state index is 0.0327. The number of ether oxygens (including phenoxy) is 1. The molecule has 102 valence electrons. The molecule has 0 aromatic heterocycles. The highest BCUT2D eigenvalue weighted by molar-refractivity contribution is 6.36. The van der Waals surface area contributed by atoms with Gasteiger partial charge < -0.3 is 4.74 Å². The lowest BCUT2D eigenvalue weighted by Crippen LogP contribution is -2.21. The van der Waals surface area contributed by atoms with Gasteiger partial charge >= 0.3 is 0 Å². The van der Waals surface area contributed by atoms with Crippen LogP contribution in [0.3, 0.4) is 0 Å². The molecule has 3 rings (SSSR count). The van der Waals surface area contributed by atoms with Crippen molar-refractivity contribution in [2.24, 2.45) is 0 Å². The van der Waals surface area contributed by atoms with E-state index in [0.717, 1.165) is 0 Å². The summed E-state index contributed by atoms with van der Waals surface area (Å²) in [6.07, 6.45) is -0.283. The van der Waals surface area contributed by atoms with Crippen LogP contribution in [-0.4, -0.2) is 5.78 Å². The third-order valence-corrected chi connectivity index (χ3v) is 4.10. The number of rotatable bonds is 1. The monoisotopic (exact) mass is 326 g/mol. The number of hydrogen-bond acceptors (Lipinski definition) is 2. The number of halogens is 3. The quantitative estimate of drug-likeness (QED) is 0.705. The molecule has 1 unspecified atom stereocenters. The first-order valence-corrected chi connectivity index (χ1v) is 7.13. The largest absolute Gasteiger partial charge is 0.484 e. The van der Waals surface area contributed by atoms with Crippen molar-refractivity contribution in [2.45, 2.75) is 12.5 Å². The van der Waals surface area contributed by atoms with Gasteiger partial charge in [-0.25, -0.2) is 0 Å². The van der Waals surface area contributed by atoms with Crippen LogP contribution >= 0.6 is 34.8 Å². The van der Waals surface area contributed by atoms with Gasteiger partial charge in [0.25, 0.3) is 0 Å². The minimum atomic E-state index is -0.475. The summed E-state index contributed by atoms with van der Waals surface area (Å²) in [7, 11) is 0. The van der Waals surface area contributed by atoms with E-state index in [9.17, 15) is 4.79 Å². The number of carbonyl (C=O) groups is 1. The molecule has 0 amide bonds. The van der Waals surface area contributed by atoms with Crippen molar-refractivity contribution >= 4 is 40.6 Å². The van der Waals surface area contributed by atoms with Gasteiger partial charge in [-0.05, 0) is 30.3 Å². The first-order valence-electron chi connectivity index (χ1n) is 5.99. The fraction of sp³-hybridized carbons (Fsp3) is 0.133. The Morgan fingerprint density at radius 2 is 1.75 bits per heavy atom. The van der Waals surface area contributed by atoms with Crippen molar-refractivity contribution in [3.63, 3.8) is 0 Å². The van der Waals surface area contributed by atoms with Gasteiger partial charge in [-0.3, -0.25) is 4.79 Å². The predicted molar refractivity (Wildman–Crippen MR) is 80.2 cm³/mol. The second-order valence-corrected chi connectivity index (χ2v) is 5.76. The van der Waals surface area contributed by atoms with E-state index >= 15 is 0 Å². The zero-order valence-corrected chi connectivity index (χ0v) is 12.5. The standard InChI is InChI=1S/C15H9Cl3O2/c16-8-4-5-13-9(6-8)12(19)7-14(20-13)15-10(17)2-1-3-11(15)18/h1-6,14H,7H2. The van der Waals surface area contributed by atoms with Gasteiger partial charge in [0.05, 0.1) is 12.0 Å². The Balaban J connectivity index is 2.04. The maximum Gasteiger partial charge on any atom is 0.170 e. The molecule has 0 spiro atoms. The molecular formula is C15H9Cl3O2. The molecule has 0 saturated carbocycles. The van der Waals surface area contributed by atoms with Crippen molar-refractivity contribution in [3.8, 4) is 5.75 Å². The van der Waals surface area contributed by atoms with E-state index in [1.165, 1.54) is 0 Å². The molecule has 1 atom stereocenters. The Morgan fingerprint density at radius 1 is 1.05 bits per heavy atom. The van der Waals surface area contributed by atoms with Crippen LogP contribution in [0.1, 0.15) is 28.4 Å². The van der Waals surface area contributed by atoms with Crippen molar-refractivity contribution in [2.75, 3.05) is 0 Å². The van der Waals surface area contributed by atoms with Crippen LogP contribution in [0, 0.1) is 0 Å². The molecule has 0 N–H and O–H groups in total. The molecule has 2 aromatic carbocycles. The number of carbonyl (C=O) groups excluding carboxylic acids is 1. The summed E-state index contributed by atoms with van der Waals surface area (Å²) in [5.74, 6) is 0.473. The Morgan fingerprint density at radius 3 is 2.45 bits per heavy atom. The molecule has 2 nitrogen and oxygen atoms in total. The summed E-state index contributed by atoms with van der Waals surface area (Å²) in [6.45, 7) is 0. The second-order valence-electron chi connectivity index (χ2n) is 4.51. The lowest BCUT2D eigenvalue weighted by atomic mass is 9.96. The fourth-order valence-electron chi connectivity index (χ4n) is 2.28. The molecule has 1 heterocycles. The van der Waals surface area contributed by atoms with Crippen LogP contribution in [0.4, 0.5) is 0 Å². The van der Waals surface area contributed by atoms with Gasteiger partial charge in [-0.2, -0.15) is 0 Å². The number of ketones is 1. The molecule has 1 aliphatic heterocycles. The van der Waals surface area contributed by atoms with Crippen molar-refractivity contribution in [1.29, 1.82) is 0 Å². The van der Waals surface area contributed by atoms with Gasteiger partial charge in [0, 0.05) is 20.6 Å². The first-order chi connectivity index (χ1) is 9.56. The van der Waals surface area contributed by atoms with E-state index in [1.807, 2.05) is 0 Å². The average molecular weight is 328 g/mol.